The van der Waals surface area contributed by atoms with E-state index in [0.29, 0.717) is 38.5 Å². The maximum Gasteiger partial charge on any atom is 0.246 e. The standard InChI is InChI=1S/C26H32N4O3/c1-2-3-4-8-16-30(20-11-6-5-7-12-20)25(32)15-10-17-33-23-14-9-13-22-21(23)18-29-19-24(31)28-26(29)27-22/h5-7,9,11-14H,2-4,8,10,15-19H2,1H3,(H,27,28,31). The molecule has 2 amide bonds. The molecule has 0 bridgehead atoms. The molecule has 174 valence electrons. The predicted molar refractivity (Wildman–Crippen MR) is 130 cm³/mol. The lowest BCUT2D eigenvalue weighted by Crippen LogP contribution is -2.32. The van der Waals surface area contributed by atoms with Crippen LogP contribution in [0.2, 0.25) is 0 Å². The normalized spacial score (nSPS) is 14.3. The lowest BCUT2D eigenvalue weighted by molar-refractivity contribution is -0.119. The summed E-state index contributed by atoms with van der Waals surface area (Å²) >= 11 is 0. The molecule has 2 aliphatic rings. The number of para-hydroxylation sites is 1. The van der Waals surface area contributed by atoms with Crippen LogP contribution in [0.5, 0.6) is 5.75 Å². The number of guanidine groups is 1. The average molecular weight is 449 g/mol. The number of hydrogen-bond donors (Lipinski definition) is 1. The number of benzene rings is 2. The number of amides is 2. The minimum absolute atomic E-state index is 0.0415. The van der Waals surface area contributed by atoms with Crippen LogP contribution >= 0.6 is 0 Å². The number of fused-ring (bicyclic) bond motifs is 2. The first-order valence-electron chi connectivity index (χ1n) is 11.9. The first-order valence-corrected chi connectivity index (χ1v) is 11.9. The highest BCUT2D eigenvalue weighted by molar-refractivity contribution is 6.06. The molecule has 7 nitrogen and oxygen atoms in total. The van der Waals surface area contributed by atoms with Gasteiger partial charge < -0.3 is 14.5 Å². The molecule has 0 aliphatic carbocycles. The van der Waals surface area contributed by atoms with Gasteiger partial charge in [0.15, 0.2) is 0 Å². The molecule has 0 radical (unpaired) electrons. The van der Waals surface area contributed by atoms with Crippen LogP contribution in [0.4, 0.5) is 11.4 Å². The van der Waals surface area contributed by atoms with E-state index in [1.165, 1.54) is 12.8 Å². The smallest absolute Gasteiger partial charge is 0.246 e. The van der Waals surface area contributed by atoms with Crippen LogP contribution in [-0.4, -0.2) is 42.4 Å². The summed E-state index contributed by atoms with van der Waals surface area (Å²) in [6.45, 7) is 4.29. The van der Waals surface area contributed by atoms with Crippen molar-refractivity contribution in [2.45, 2.75) is 52.0 Å². The number of nitrogens with zero attached hydrogens (tertiary/aromatic N) is 3. The summed E-state index contributed by atoms with van der Waals surface area (Å²) in [4.78, 5) is 33.1. The van der Waals surface area contributed by atoms with Crippen molar-refractivity contribution < 1.29 is 14.3 Å². The zero-order valence-corrected chi connectivity index (χ0v) is 19.3. The van der Waals surface area contributed by atoms with Gasteiger partial charge in [0, 0.05) is 24.2 Å². The zero-order chi connectivity index (χ0) is 23.0. The fraction of sp³-hybridized carbons (Fsp3) is 0.423. The topological polar surface area (TPSA) is 74.2 Å². The molecule has 1 fully saturated rings. The summed E-state index contributed by atoms with van der Waals surface area (Å²) in [7, 11) is 0. The Morgan fingerprint density at radius 3 is 2.73 bits per heavy atom. The van der Waals surface area contributed by atoms with E-state index < -0.39 is 0 Å². The molecule has 2 heterocycles. The Kier molecular flexibility index (Phi) is 7.60. The fourth-order valence-corrected chi connectivity index (χ4v) is 4.22. The first-order chi connectivity index (χ1) is 16.2. The second-order valence-electron chi connectivity index (χ2n) is 8.49. The Morgan fingerprint density at radius 2 is 1.91 bits per heavy atom. The van der Waals surface area contributed by atoms with E-state index in [1.54, 1.807) is 0 Å². The van der Waals surface area contributed by atoms with E-state index in [2.05, 4.69) is 17.2 Å². The van der Waals surface area contributed by atoms with Gasteiger partial charge in [-0.15, -0.1) is 0 Å². The largest absolute Gasteiger partial charge is 0.493 e. The molecular weight excluding hydrogens is 416 g/mol. The number of anilines is 1. The molecule has 0 spiro atoms. The number of carbonyl (C=O) groups excluding carboxylic acids is 2. The third kappa shape index (κ3) is 5.72. The Balaban J connectivity index is 1.32. The fourth-order valence-electron chi connectivity index (χ4n) is 4.22. The van der Waals surface area contributed by atoms with Gasteiger partial charge in [0.1, 0.15) is 12.3 Å². The van der Waals surface area contributed by atoms with Crippen LogP contribution < -0.4 is 15.0 Å². The SMILES string of the molecule is CCCCCCN(C(=O)CCCOc1cccc2c1CN1CC(=O)NC1=N2)c1ccccc1. The number of nitrogens with one attached hydrogen (secondary N) is 1. The van der Waals surface area contributed by atoms with Gasteiger partial charge in [0.25, 0.3) is 0 Å². The molecule has 4 rings (SSSR count). The van der Waals surface area contributed by atoms with E-state index in [9.17, 15) is 9.59 Å². The maximum absolute atomic E-state index is 13.0. The van der Waals surface area contributed by atoms with E-state index in [0.717, 1.165) is 42.1 Å². The molecule has 2 aromatic carbocycles. The third-order valence-corrected chi connectivity index (χ3v) is 5.97. The number of unbranched alkanes of at least 4 members (excludes halogenated alkanes) is 3. The minimum Gasteiger partial charge on any atom is -0.493 e. The highest BCUT2D eigenvalue weighted by atomic mass is 16.5. The Morgan fingerprint density at radius 1 is 1.06 bits per heavy atom. The van der Waals surface area contributed by atoms with Crippen molar-refractivity contribution >= 4 is 29.1 Å². The van der Waals surface area contributed by atoms with Gasteiger partial charge in [-0.05, 0) is 37.1 Å². The van der Waals surface area contributed by atoms with Gasteiger partial charge in [-0.2, -0.15) is 0 Å². The molecule has 0 saturated carbocycles. The van der Waals surface area contributed by atoms with Crippen molar-refractivity contribution in [3.8, 4) is 5.75 Å². The van der Waals surface area contributed by atoms with Crippen LogP contribution in [0.1, 0.15) is 51.0 Å². The van der Waals surface area contributed by atoms with Gasteiger partial charge in [-0.1, -0.05) is 50.5 Å². The predicted octanol–water partition coefficient (Wildman–Crippen LogP) is 4.39. The lowest BCUT2D eigenvalue weighted by Gasteiger charge is -2.25. The molecular formula is C26H32N4O3. The second kappa shape index (κ2) is 11.0. The van der Waals surface area contributed by atoms with E-state index in [1.807, 2.05) is 58.3 Å². The number of hydrogen-bond acceptors (Lipinski definition) is 5. The number of carbonyl (C=O) groups is 2. The highest BCUT2D eigenvalue weighted by Crippen LogP contribution is 2.34. The molecule has 1 N–H and O–H groups in total. The number of ether oxygens (including phenoxy) is 1. The number of aliphatic imine (C=N–C) groups is 1. The Bertz CT molecular complexity index is 1010. The quantitative estimate of drug-likeness (QED) is 0.518. The summed E-state index contributed by atoms with van der Waals surface area (Å²) in [6, 6.07) is 15.7. The summed E-state index contributed by atoms with van der Waals surface area (Å²) in [5, 5.41) is 2.78. The van der Waals surface area contributed by atoms with Crippen LogP contribution in [0.3, 0.4) is 0 Å². The van der Waals surface area contributed by atoms with Crippen molar-refractivity contribution in [2.24, 2.45) is 4.99 Å². The maximum atomic E-state index is 13.0. The molecule has 0 aromatic heterocycles. The summed E-state index contributed by atoms with van der Waals surface area (Å²) in [6.07, 6.45) is 5.59. The van der Waals surface area contributed by atoms with E-state index in [4.69, 9.17) is 4.74 Å². The van der Waals surface area contributed by atoms with Gasteiger partial charge >= 0.3 is 0 Å². The van der Waals surface area contributed by atoms with Crippen LogP contribution in [-0.2, 0) is 16.1 Å². The van der Waals surface area contributed by atoms with Crippen molar-refractivity contribution in [3.63, 3.8) is 0 Å². The highest BCUT2D eigenvalue weighted by Gasteiger charge is 2.30. The number of rotatable bonds is 11. The van der Waals surface area contributed by atoms with Crippen LogP contribution in [0.25, 0.3) is 0 Å². The summed E-state index contributed by atoms with van der Waals surface area (Å²) in [5.74, 6) is 1.46. The molecule has 33 heavy (non-hydrogen) atoms. The summed E-state index contributed by atoms with van der Waals surface area (Å²) < 4.78 is 6.06. The molecule has 2 aliphatic heterocycles. The van der Waals surface area contributed by atoms with Crippen LogP contribution in [0, 0.1) is 0 Å². The molecule has 7 heteroatoms. The third-order valence-electron chi connectivity index (χ3n) is 5.97. The first kappa shape index (κ1) is 22.8. The second-order valence-corrected chi connectivity index (χ2v) is 8.49. The molecule has 1 saturated heterocycles. The van der Waals surface area contributed by atoms with Gasteiger partial charge in [0.05, 0.1) is 18.8 Å². The average Bonchev–Trinajstić information content (AvgIpc) is 3.19. The van der Waals surface area contributed by atoms with Crippen molar-refractivity contribution in [1.82, 2.24) is 10.2 Å². The van der Waals surface area contributed by atoms with Gasteiger partial charge in [-0.3, -0.25) is 14.9 Å². The van der Waals surface area contributed by atoms with Gasteiger partial charge in [-0.25, -0.2) is 4.99 Å². The van der Waals surface area contributed by atoms with E-state index >= 15 is 0 Å². The van der Waals surface area contributed by atoms with E-state index in [-0.39, 0.29) is 11.8 Å². The molecule has 0 atom stereocenters. The molecule has 2 aromatic rings. The van der Waals surface area contributed by atoms with Crippen molar-refractivity contribution in [3.05, 3.63) is 54.1 Å². The molecule has 0 unspecified atom stereocenters. The van der Waals surface area contributed by atoms with Crippen molar-refractivity contribution in [1.29, 1.82) is 0 Å². The van der Waals surface area contributed by atoms with Crippen molar-refractivity contribution in [2.75, 3.05) is 24.6 Å². The summed E-state index contributed by atoms with van der Waals surface area (Å²) in [5.41, 5.74) is 2.75. The zero-order valence-electron chi connectivity index (χ0n) is 19.3. The minimum atomic E-state index is -0.0415. The monoisotopic (exact) mass is 448 g/mol. The Labute approximate surface area is 195 Å². The Hall–Kier alpha value is -3.35. The van der Waals surface area contributed by atoms with Crippen LogP contribution in [0.15, 0.2) is 53.5 Å². The lowest BCUT2D eigenvalue weighted by atomic mass is 10.1. The van der Waals surface area contributed by atoms with Gasteiger partial charge in [0.2, 0.25) is 17.8 Å².